The molecule has 2 rings (SSSR count). The van der Waals surface area contributed by atoms with Gasteiger partial charge in [-0.1, -0.05) is 0 Å². The SMILES string of the molecule is CC(=O)COc1cc(S(=O)(=O)[O-])cc2cc(S(=O)(=O)O)ccc12.[Na+].[Na+]. The fourth-order valence-corrected chi connectivity index (χ4v) is 2.93. The van der Waals surface area contributed by atoms with Gasteiger partial charge in [0.2, 0.25) is 0 Å². The van der Waals surface area contributed by atoms with Crippen LogP contribution in [0.5, 0.6) is 5.75 Å². The van der Waals surface area contributed by atoms with Crippen LogP contribution >= 0.6 is 0 Å². The Hall–Kier alpha value is -0.01000. The van der Waals surface area contributed by atoms with Gasteiger partial charge in [-0.3, -0.25) is 9.35 Å². The van der Waals surface area contributed by atoms with E-state index in [0.717, 1.165) is 24.3 Å². The van der Waals surface area contributed by atoms with Crippen molar-refractivity contribution in [2.24, 2.45) is 0 Å². The van der Waals surface area contributed by atoms with Crippen molar-refractivity contribution in [3.05, 3.63) is 30.3 Å². The number of hydrogen-bond acceptors (Lipinski definition) is 7. The quantitative estimate of drug-likeness (QED) is 0.385. The molecule has 0 bridgehead atoms. The van der Waals surface area contributed by atoms with E-state index in [1.54, 1.807) is 0 Å². The van der Waals surface area contributed by atoms with Gasteiger partial charge in [-0.2, -0.15) is 8.42 Å². The molecule has 124 valence electrons. The number of fused-ring (bicyclic) bond motifs is 1. The summed E-state index contributed by atoms with van der Waals surface area (Å²) < 4.78 is 70.1. The Morgan fingerprint density at radius 1 is 1.08 bits per heavy atom. The van der Waals surface area contributed by atoms with Crippen molar-refractivity contribution in [2.75, 3.05) is 6.61 Å². The van der Waals surface area contributed by atoms with Crippen LogP contribution in [0.1, 0.15) is 6.92 Å². The summed E-state index contributed by atoms with van der Waals surface area (Å²) in [6.45, 7) is 0.907. The fraction of sp³-hybridized carbons (Fsp3) is 0.154. The summed E-state index contributed by atoms with van der Waals surface area (Å²) in [6, 6.07) is 5.28. The average Bonchev–Trinajstić information content (AvgIpc) is 2.41. The van der Waals surface area contributed by atoms with Crippen LogP contribution in [-0.2, 0) is 25.0 Å². The summed E-state index contributed by atoms with van der Waals surface area (Å²) >= 11 is 0. The molecule has 0 spiro atoms. The van der Waals surface area contributed by atoms with Crippen LogP contribution < -0.4 is 63.9 Å². The van der Waals surface area contributed by atoms with Crippen LogP contribution in [-0.4, -0.2) is 38.3 Å². The van der Waals surface area contributed by atoms with Gasteiger partial charge in [0.05, 0.1) is 9.79 Å². The van der Waals surface area contributed by atoms with Gasteiger partial charge in [-0.25, -0.2) is 8.42 Å². The molecule has 0 atom stereocenters. The molecule has 2 aromatic rings. The predicted molar refractivity (Wildman–Crippen MR) is 77.9 cm³/mol. The standard InChI is InChI=1S/C13H12O8S2.2Na/c1-8(14)7-21-13-6-11(23(18,19)20)5-9-4-10(22(15,16)17)2-3-12(9)13;;/h2-6H,7H2,1H3,(H,15,16,17)(H,18,19,20);;/q;2*+1/p-1. The molecular formula is C13H11Na2O8S2+. The number of ketones is 1. The number of rotatable bonds is 5. The molecule has 0 amide bonds. The van der Waals surface area contributed by atoms with Gasteiger partial charge in [0.1, 0.15) is 22.5 Å². The first kappa shape index (κ1) is 25.0. The largest absolute Gasteiger partial charge is 1.00 e. The molecule has 0 radical (unpaired) electrons. The van der Waals surface area contributed by atoms with E-state index >= 15 is 0 Å². The zero-order valence-electron chi connectivity index (χ0n) is 13.7. The maximum Gasteiger partial charge on any atom is 1.00 e. The molecule has 25 heavy (non-hydrogen) atoms. The molecule has 0 saturated heterocycles. The molecule has 0 aliphatic rings. The third-order valence-electron chi connectivity index (χ3n) is 2.88. The molecule has 0 aromatic heterocycles. The Balaban J connectivity index is 0.00000288. The van der Waals surface area contributed by atoms with Gasteiger partial charge in [-0.05, 0) is 42.6 Å². The first-order valence-corrected chi connectivity index (χ1v) is 8.97. The zero-order chi connectivity index (χ0) is 17.4. The second-order valence-electron chi connectivity index (χ2n) is 4.72. The van der Waals surface area contributed by atoms with E-state index in [-0.39, 0.29) is 88.0 Å². The third-order valence-corrected chi connectivity index (χ3v) is 4.54. The van der Waals surface area contributed by atoms with E-state index in [9.17, 15) is 26.2 Å². The van der Waals surface area contributed by atoms with Crippen molar-refractivity contribution < 1.29 is 94.6 Å². The van der Waals surface area contributed by atoms with Gasteiger partial charge < -0.3 is 9.29 Å². The number of hydrogen-bond donors (Lipinski definition) is 1. The van der Waals surface area contributed by atoms with Crippen molar-refractivity contribution in [2.45, 2.75) is 16.7 Å². The maximum atomic E-state index is 11.2. The Labute approximate surface area is 189 Å². The maximum absolute atomic E-state index is 11.2. The van der Waals surface area contributed by atoms with Gasteiger partial charge >= 0.3 is 59.1 Å². The summed E-state index contributed by atoms with van der Waals surface area (Å²) in [5.41, 5.74) is 0. The number of carbonyl (C=O) groups is 1. The predicted octanol–water partition coefficient (Wildman–Crippen LogP) is -5.03. The molecule has 0 unspecified atom stereocenters. The first-order valence-electron chi connectivity index (χ1n) is 6.12. The summed E-state index contributed by atoms with van der Waals surface area (Å²) in [6.07, 6.45) is 0. The summed E-state index contributed by atoms with van der Waals surface area (Å²) in [5, 5.41) is 0.335. The molecule has 8 nitrogen and oxygen atoms in total. The van der Waals surface area contributed by atoms with Crippen LogP contribution in [0.15, 0.2) is 40.1 Å². The van der Waals surface area contributed by atoms with Crippen molar-refractivity contribution in [3.8, 4) is 5.75 Å². The minimum Gasteiger partial charge on any atom is -0.744 e. The van der Waals surface area contributed by atoms with E-state index in [0.29, 0.717) is 0 Å². The number of benzene rings is 2. The first-order chi connectivity index (χ1) is 10.5. The number of carbonyl (C=O) groups excluding carboxylic acids is 1. The minimum absolute atomic E-state index is 0. The Morgan fingerprint density at radius 2 is 1.64 bits per heavy atom. The van der Waals surface area contributed by atoms with Crippen molar-refractivity contribution in [1.29, 1.82) is 0 Å². The van der Waals surface area contributed by atoms with Crippen LogP contribution in [0.4, 0.5) is 0 Å². The van der Waals surface area contributed by atoms with Crippen LogP contribution in [0.25, 0.3) is 10.8 Å². The normalized spacial score (nSPS) is 11.3. The molecule has 0 saturated carbocycles. The summed E-state index contributed by atoms with van der Waals surface area (Å²) in [4.78, 5) is 9.89. The number of ether oxygens (including phenoxy) is 1. The van der Waals surface area contributed by atoms with E-state index in [4.69, 9.17) is 9.29 Å². The van der Waals surface area contributed by atoms with E-state index in [2.05, 4.69) is 0 Å². The molecule has 1 N–H and O–H groups in total. The van der Waals surface area contributed by atoms with Crippen molar-refractivity contribution in [1.82, 2.24) is 0 Å². The molecule has 0 fully saturated rings. The molecule has 0 heterocycles. The van der Waals surface area contributed by atoms with Crippen LogP contribution in [0.3, 0.4) is 0 Å². The van der Waals surface area contributed by atoms with Crippen LogP contribution in [0, 0.1) is 0 Å². The Bertz CT molecular complexity index is 995. The molecule has 2 aromatic carbocycles. The second kappa shape index (κ2) is 9.27. The van der Waals surface area contributed by atoms with Crippen LogP contribution in [0.2, 0.25) is 0 Å². The van der Waals surface area contributed by atoms with Crippen molar-refractivity contribution >= 4 is 36.8 Å². The minimum atomic E-state index is -4.83. The second-order valence-corrected chi connectivity index (χ2v) is 7.53. The topological polar surface area (TPSA) is 138 Å². The fourth-order valence-electron chi connectivity index (χ4n) is 1.89. The van der Waals surface area contributed by atoms with Gasteiger partial charge in [0.25, 0.3) is 10.1 Å². The van der Waals surface area contributed by atoms with E-state index in [1.807, 2.05) is 0 Å². The molecular weight excluding hydrogens is 394 g/mol. The number of Topliss-reactive ketones (excluding diaryl/α,β-unsaturated/α-hetero) is 1. The van der Waals surface area contributed by atoms with E-state index < -0.39 is 30.0 Å². The molecule has 12 heteroatoms. The van der Waals surface area contributed by atoms with Gasteiger partial charge in [-0.15, -0.1) is 0 Å². The monoisotopic (exact) mass is 405 g/mol. The smallest absolute Gasteiger partial charge is 0.744 e. The Morgan fingerprint density at radius 3 is 2.12 bits per heavy atom. The van der Waals surface area contributed by atoms with Crippen molar-refractivity contribution in [3.63, 3.8) is 0 Å². The average molecular weight is 405 g/mol. The Kier molecular flexibility index (Phi) is 9.26. The van der Waals surface area contributed by atoms with Gasteiger partial charge in [0, 0.05) is 5.39 Å². The van der Waals surface area contributed by atoms with E-state index in [1.165, 1.54) is 13.0 Å². The summed E-state index contributed by atoms with van der Waals surface area (Å²) in [7, 11) is -9.33. The molecule has 0 aliphatic heterocycles. The zero-order valence-corrected chi connectivity index (χ0v) is 19.3. The summed E-state index contributed by atoms with van der Waals surface area (Å²) in [5.74, 6) is -0.392. The molecule has 0 aliphatic carbocycles. The third kappa shape index (κ3) is 6.58. The van der Waals surface area contributed by atoms with Gasteiger partial charge in [0.15, 0.2) is 5.78 Å².